The van der Waals surface area contributed by atoms with Crippen molar-refractivity contribution in [3.63, 3.8) is 0 Å². The zero-order chi connectivity index (χ0) is 21.2. The van der Waals surface area contributed by atoms with Crippen molar-refractivity contribution in [1.82, 2.24) is 9.97 Å². The molecular weight excluding hydrogens is 400 g/mol. The van der Waals surface area contributed by atoms with Gasteiger partial charge in [0.1, 0.15) is 12.4 Å². The maximum atomic E-state index is 11.7. The molecule has 2 aromatic rings. The normalized spacial score (nSPS) is 22.2. The molecular formula is C22H26N4O5. The van der Waals surface area contributed by atoms with Crippen LogP contribution in [0.15, 0.2) is 24.3 Å². The lowest BCUT2D eigenvalue weighted by molar-refractivity contribution is 0.0298. The summed E-state index contributed by atoms with van der Waals surface area (Å²) in [6, 6.07) is 7.34. The number of ether oxygens (including phenoxy) is 3. The third-order valence-electron chi connectivity index (χ3n) is 5.86. The number of carbonyl (C=O) groups is 1. The molecule has 0 radical (unpaired) electrons. The Balaban J connectivity index is 1.41. The standard InChI is InChI=1S/C22H26N4O5/c27-8-10-30-22(28)23-15-3-1-14(2-4-15)20-24-19-7-9-29-13-18(19)21(25-20)26-11-16-5-6-17(12-26)31-16/h1-4,16-17,27H,5-13H2,(H,23,28). The summed E-state index contributed by atoms with van der Waals surface area (Å²) in [7, 11) is 0. The molecule has 2 fully saturated rings. The Hall–Kier alpha value is -2.75. The van der Waals surface area contributed by atoms with E-state index in [-0.39, 0.29) is 25.4 Å². The monoisotopic (exact) mass is 426 g/mol. The van der Waals surface area contributed by atoms with Crippen molar-refractivity contribution in [3.05, 3.63) is 35.5 Å². The summed E-state index contributed by atoms with van der Waals surface area (Å²) in [6.07, 6.45) is 2.92. The first-order chi connectivity index (χ1) is 15.2. The number of morpholine rings is 1. The molecule has 2 bridgehead atoms. The number of amides is 1. The average Bonchev–Trinajstić information content (AvgIpc) is 3.14. The van der Waals surface area contributed by atoms with Gasteiger partial charge in [0.15, 0.2) is 5.82 Å². The maximum absolute atomic E-state index is 11.7. The molecule has 4 heterocycles. The smallest absolute Gasteiger partial charge is 0.411 e. The maximum Gasteiger partial charge on any atom is 0.411 e. The van der Waals surface area contributed by atoms with Crippen LogP contribution in [0.25, 0.3) is 11.4 Å². The van der Waals surface area contributed by atoms with Gasteiger partial charge in [-0.15, -0.1) is 0 Å². The largest absolute Gasteiger partial charge is 0.447 e. The first kappa shape index (κ1) is 20.2. The Morgan fingerprint density at radius 3 is 2.71 bits per heavy atom. The summed E-state index contributed by atoms with van der Waals surface area (Å²) in [5.41, 5.74) is 3.60. The summed E-state index contributed by atoms with van der Waals surface area (Å²) in [5, 5.41) is 11.4. The molecule has 0 spiro atoms. The second-order valence-corrected chi connectivity index (χ2v) is 8.02. The van der Waals surface area contributed by atoms with Crippen molar-refractivity contribution < 1.29 is 24.1 Å². The summed E-state index contributed by atoms with van der Waals surface area (Å²) < 4.78 is 16.5. The predicted molar refractivity (Wildman–Crippen MR) is 113 cm³/mol. The number of nitrogens with one attached hydrogen (secondary N) is 1. The van der Waals surface area contributed by atoms with Crippen LogP contribution in [0.5, 0.6) is 0 Å². The molecule has 2 atom stereocenters. The van der Waals surface area contributed by atoms with Gasteiger partial charge in [-0.1, -0.05) is 0 Å². The number of nitrogens with zero attached hydrogens (tertiary/aromatic N) is 3. The van der Waals surface area contributed by atoms with E-state index in [1.54, 1.807) is 12.1 Å². The molecule has 0 saturated carbocycles. The number of hydrogen-bond donors (Lipinski definition) is 2. The molecule has 164 valence electrons. The lowest BCUT2D eigenvalue weighted by atomic mass is 10.1. The zero-order valence-corrected chi connectivity index (χ0v) is 17.2. The quantitative estimate of drug-likeness (QED) is 0.749. The van der Waals surface area contributed by atoms with Gasteiger partial charge in [0.25, 0.3) is 0 Å². The van der Waals surface area contributed by atoms with E-state index >= 15 is 0 Å². The minimum absolute atomic E-state index is 0.0391. The lowest BCUT2D eigenvalue weighted by Gasteiger charge is -2.35. The van der Waals surface area contributed by atoms with Gasteiger partial charge >= 0.3 is 6.09 Å². The van der Waals surface area contributed by atoms with Crippen LogP contribution in [0.2, 0.25) is 0 Å². The number of fused-ring (bicyclic) bond motifs is 3. The highest BCUT2D eigenvalue weighted by Gasteiger charge is 2.36. The fourth-order valence-corrected chi connectivity index (χ4v) is 4.39. The van der Waals surface area contributed by atoms with Gasteiger partial charge < -0.3 is 24.2 Å². The number of rotatable bonds is 5. The van der Waals surface area contributed by atoms with E-state index in [4.69, 9.17) is 29.3 Å². The molecule has 1 amide bonds. The second-order valence-electron chi connectivity index (χ2n) is 8.02. The summed E-state index contributed by atoms with van der Waals surface area (Å²) in [6.45, 7) is 2.64. The van der Waals surface area contributed by atoms with Gasteiger partial charge in [0.2, 0.25) is 0 Å². The van der Waals surface area contributed by atoms with Crippen molar-refractivity contribution in [3.8, 4) is 11.4 Å². The Kier molecular flexibility index (Phi) is 5.71. The molecule has 2 saturated heterocycles. The average molecular weight is 426 g/mol. The predicted octanol–water partition coefficient (Wildman–Crippen LogP) is 2.12. The Morgan fingerprint density at radius 2 is 1.97 bits per heavy atom. The van der Waals surface area contributed by atoms with E-state index < -0.39 is 6.09 Å². The van der Waals surface area contributed by atoms with Gasteiger partial charge in [-0.3, -0.25) is 5.32 Å². The minimum Gasteiger partial charge on any atom is -0.447 e. The van der Waals surface area contributed by atoms with Crippen LogP contribution < -0.4 is 10.2 Å². The summed E-state index contributed by atoms with van der Waals surface area (Å²) in [4.78, 5) is 23.8. The number of aliphatic hydroxyl groups is 1. The van der Waals surface area contributed by atoms with Crippen molar-refractivity contribution in [2.75, 3.05) is 43.1 Å². The number of anilines is 2. The molecule has 5 rings (SSSR count). The molecule has 3 aliphatic rings. The first-order valence-electron chi connectivity index (χ1n) is 10.7. The fourth-order valence-electron chi connectivity index (χ4n) is 4.39. The topological polar surface area (TPSA) is 106 Å². The molecule has 9 heteroatoms. The van der Waals surface area contributed by atoms with E-state index in [0.717, 1.165) is 55.0 Å². The van der Waals surface area contributed by atoms with Crippen LogP contribution in [-0.4, -0.2) is 66.3 Å². The highest BCUT2D eigenvalue weighted by molar-refractivity contribution is 5.85. The lowest BCUT2D eigenvalue weighted by Crippen LogP contribution is -2.44. The van der Waals surface area contributed by atoms with Crippen LogP contribution in [0.1, 0.15) is 24.1 Å². The molecule has 9 nitrogen and oxygen atoms in total. The van der Waals surface area contributed by atoms with E-state index in [9.17, 15) is 4.79 Å². The van der Waals surface area contributed by atoms with Crippen LogP contribution >= 0.6 is 0 Å². The second kappa shape index (κ2) is 8.78. The van der Waals surface area contributed by atoms with E-state index in [1.165, 1.54) is 0 Å². The number of aliphatic hydroxyl groups excluding tert-OH is 1. The number of hydrogen-bond acceptors (Lipinski definition) is 8. The van der Waals surface area contributed by atoms with Crippen LogP contribution in [0.3, 0.4) is 0 Å². The van der Waals surface area contributed by atoms with E-state index in [0.29, 0.717) is 24.7 Å². The zero-order valence-electron chi connectivity index (χ0n) is 17.2. The SMILES string of the molecule is O=C(Nc1ccc(-c2nc3c(c(N4CC5CCC(C4)O5)n2)COCC3)cc1)OCCO. The molecule has 1 aromatic carbocycles. The van der Waals surface area contributed by atoms with Crippen molar-refractivity contribution in [2.45, 2.75) is 38.1 Å². The Labute approximate surface area is 180 Å². The molecule has 31 heavy (non-hydrogen) atoms. The van der Waals surface area contributed by atoms with E-state index in [1.807, 2.05) is 12.1 Å². The van der Waals surface area contributed by atoms with Gasteiger partial charge in [-0.05, 0) is 37.1 Å². The Morgan fingerprint density at radius 1 is 1.19 bits per heavy atom. The third-order valence-corrected chi connectivity index (χ3v) is 5.86. The molecule has 2 N–H and O–H groups in total. The Bertz CT molecular complexity index is 940. The number of benzene rings is 1. The highest BCUT2D eigenvalue weighted by atomic mass is 16.6. The molecule has 1 aromatic heterocycles. The van der Waals surface area contributed by atoms with Gasteiger partial charge in [0.05, 0.1) is 37.7 Å². The van der Waals surface area contributed by atoms with Crippen molar-refractivity contribution in [2.24, 2.45) is 0 Å². The van der Waals surface area contributed by atoms with Crippen molar-refractivity contribution >= 4 is 17.6 Å². The number of aromatic nitrogens is 2. The van der Waals surface area contributed by atoms with Crippen molar-refractivity contribution in [1.29, 1.82) is 0 Å². The number of carbonyl (C=O) groups excluding carboxylic acids is 1. The van der Waals surface area contributed by atoms with Crippen LogP contribution in [0.4, 0.5) is 16.3 Å². The minimum atomic E-state index is -0.601. The van der Waals surface area contributed by atoms with Crippen LogP contribution in [0, 0.1) is 0 Å². The summed E-state index contributed by atoms with van der Waals surface area (Å²) in [5.74, 6) is 1.62. The third kappa shape index (κ3) is 4.34. The fraction of sp³-hybridized carbons (Fsp3) is 0.500. The first-order valence-corrected chi connectivity index (χ1v) is 10.7. The molecule has 2 unspecified atom stereocenters. The molecule has 0 aliphatic carbocycles. The van der Waals surface area contributed by atoms with Gasteiger partial charge in [-0.2, -0.15) is 0 Å². The van der Waals surface area contributed by atoms with Gasteiger partial charge in [0, 0.05) is 36.3 Å². The van der Waals surface area contributed by atoms with Crippen LogP contribution in [-0.2, 0) is 27.2 Å². The highest BCUT2D eigenvalue weighted by Crippen LogP contribution is 2.34. The molecule has 3 aliphatic heterocycles. The van der Waals surface area contributed by atoms with E-state index in [2.05, 4.69) is 10.2 Å². The summed E-state index contributed by atoms with van der Waals surface area (Å²) >= 11 is 0. The van der Waals surface area contributed by atoms with Gasteiger partial charge in [-0.25, -0.2) is 14.8 Å².